The first-order valence-corrected chi connectivity index (χ1v) is 9.67. The molecule has 2 nitrogen and oxygen atoms in total. The monoisotopic (exact) mass is 318 g/mol. The van der Waals surface area contributed by atoms with E-state index < -0.39 is 37.4 Å². The molecule has 0 spiro atoms. The fourth-order valence-corrected chi connectivity index (χ4v) is 2.96. The molecule has 1 aromatic rings. The first kappa shape index (κ1) is 17.9. The standard InChI is InChI=1S/C15H21F3O2Si/c1-15(2,3)21(4,5)20-12(8-9-19)13-10(16)6-7-11(17)14(13)18/h6-7,9,12H,8H2,1-5H3. The smallest absolute Gasteiger partial charge is 0.192 e. The van der Waals surface area contributed by atoms with Crippen LogP contribution in [0.1, 0.15) is 38.9 Å². The number of carbonyl (C=O) groups excluding carboxylic acids is 1. The van der Waals surface area contributed by atoms with Crippen molar-refractivity contribution in [2.45, 2.75) is 51.4 Å². The van der Waals surface area contributed by atoms with Crippen LogP contribution in [-0.4, -0.2) is 14.6 Å². The third-order valence-electron chi connectivity index (χ3n) is 3.95. The third kappa shape index (κ3) is 3.94. The fraction of sp³-hybridized carbons (Fsp3) is 0.533. The van der Waals surface area contributed by atoms with Crippen molar-refractivity contribution in [2.24, 2.45) is 0 Å². The van der Waals surface area contributed by atoms with Gasteiger partial charge in [-0.3, -0.25) is 0 Å². The molecule has 21 heavy (non-hydrogen) atoms. The summed E-state index contributed by atoms with van der Waals surface area (Å²) in [5.41, 5.74) is -0.507. The van der Waals surface area contributed by atoms with Gasteiger partial charge in [0.1, 0.15) is 12.1 Å². The highest BCUT2D eigenvalue weighted by molar-refractivity contribution is 6.74. The van der Waals surface area contributed by atoms with Crippen molar-refractivity contribution >= 4 is 14.6 Å². The molecule has 1 unspecified atom stereocenters. The van der Waals surface area contributed by atoms with Crippen molar-refractivity contribution in [3.8, 4) is 0 Å². The van der Waals surface area contributed by atoms with E-state index in [-0.39, 0.29) is 11.5 Å². The van der Waals surface area contributed by atoms with Crippen LogP contribution in [0.3, 0.4) is 0 Å². The SMILES string of the molecule is CC(C)(C)[Si](C)(C)OC(CC=O)c1c(F)ccc(F)c1F. The molecule has 0 N–H and O–H groups in total. The minimum absolute atomic E-state index is 0.200. The summed E-state index contributed by atoms with van der Waals surface area (Å²) in [6.45, 7) is 9.71. The maximum atomic E-state index is 13.9. The van der Waals surface area contributed by atoms with Crippen molar-refractivity contribution in [3.05, 3.63) is 35.1 Å². The number of benzene rings is 1. The normalized spacial score (nSPS) is 14.1. The van der Waals surface area contributed by atoms with E-state index in [4.69, 9.17) is 4.43 Å². The van der Waals surface area contributed by atoms with E-state index in [1.807, 2.05) is 33.9 Å². The minimum atomic E-state index is -2.37. The zero-order chi connectivity index (χ0) is 16.4. The van der Waals surface area contributed by atoms with Gasteiger partial charge in [-0.05, 0) is 30.3 Å². The van der Waals surface area contributed by atoms with E-state index in [0.29, 0.717) is 6.29 Å². The molecular weight excluding hydrogens is 297 g/mol. The zero-order valence-corrected chi connectivity index (χ0v) is 14.0. The van der Waals surface area contributed by atoms with Gasteiger partial charge in [0.15, 0.2) is 20.0 Å². The molecule has 118 valence electrons. The highest BCUT2D eigenvalue weighted by Crippen LogP contribution is 2.41. The molecular formula is C15H21F3O2Si. The van der Waals surface area contributed by atoms with Crippen LogP contribution >= 0.6 is 0 Å². The van der Waals surface area contributed by atoms with Gasteiger partial charge in [-0.15, -0.1) is 0 Å². The fourth-order valence-electron chi connectivity index (χ4n) is 1.68. The van der Waals surface area contributed by atoms with Crippen LogP contribution < -0.4 is 0 Å². The molecule has 6 heteroatoms. The van der Waals surface area contributed by atoms with Crippen LogP contribution in [0.25, 0.3) is 0 Å². The molecule has 0 heterocycles. The van der Waals surface area contributed by atoms with E-state index in [0.717, 1.165) is 12.1 Å². The van der Waals surface area contributed by atoms with E-state index in [2.05, 4.69) is 0 Å². The second-order valence-corrected chi connectivity index (χ2v) is 11.3. The van der Waals surface area contributed by atoms with Gasteiger partial charge in [0.05, 0.1) is 11.7 Å². The van der Waals surface area contributed by atoms with Gasteiger partial charge in [-0.2, -0.15) is 0 Å². The number of hydrogen-bond donors (Lipinski definition) is 0. The Labute approximate surface area is 124 Å². The molecule has 1 rings (SSSR count). The van der Waals surface area contributed by atoms with Gasteiger partial charge < -0.3 is 9.22 Å². The highest BCUT2D eigenvalue weighted by atomic mass is 28.4. The number of aldehydes is 1. The van der Waals surface area contributed by atoms with Crippen LogP contribution in [0.5, 0.6) is 0 Å². The Hall–Kier alpha value is -1.14. The topological polar surface area (TPSA) is 26.3 Å². The Bertz CT molecular complexity index is 524. The largest absolute Gasteiger partial charge is 0.409 e. The number of halogens is 3. The Kier molecular flexibility index (Phi) is 5.39. The van der Waals surface area contributed by atoms with Gasteiger partial charge >= 0.3 is 0 Å². The zero-order valence-electron chi connectivity index (χ0n) is 13.0. The number of carbonyl (C=O) groups is 1. The van der Waals surface area contributed by atoms with Crippen molar-refractivity contribution in [2.75, 3.05) is 0 Å². The van der Waals surface area contributed by atoms with Crippen molar-refractivity contribution in [1.82, 2.24) is 0 Å². The summed E-state index contributed by atoms with van der Waals surface area (Å²) in [7, 11) is -2.37. The molecule has 0 fully saturated rings. The lowest BCUT2D eigenvalue weighted by molar-refractivity contribution is -0.109. The Morgan fingerprint density at radius 3 is 2.19 bits per heavy atom. The Morgan fingerprint density at radius 2 is 1.71 bits per heavy atom. The molecule has 0 aromatic heterocycles. The number of hydrogen-bond acceptors (Lipinski definition) is 2. The summed E-state index contributed by atoms with van der Waals surface area (Å²) < 4.78 is 47.1. The van der Waals surface area contributed by atoms with Gasteiger partial charge in [0.2, 0.25) is 0 Å². The Balaban J connectivity index is 3.26. The lowest BCUT2D eigenvalue weighted by Gasteiger charge is -2.39. The molecule has 0 amide bonds. The quantitative estimate of drug-likeness (QED) is 0.445. The molecule has 0 radical (unpaired) electrons. The van der Waals surface area contributed by atoms with Crippen molar-refractivity contribution in [3.63, 3.8) is 0 Å². The van der Waals surface area contributed by atoms with Gasteiger partial charge in [0.25, 0.3) is 0 Å². The predicted octanol–water partition coefficient (Wildman–Crippen LogP) is 4.76. The minimum Gasteiger partial charge on any atom is -0.409 e. The lowest BCUT2D eigenvalue weighted by atomic mass is 10.1. The average Bonchev–Trinajstić information content (AvgIpc) is 2.33. The van der Waals surface area contributed by atoms with E-state index >= 15 is 0 Å². The first-order valence-electron chi connectivity index (χ1n) is 6.76. The van der Waals surface area contributed by atoms with Crippen molar-refractivity contribution in [1.29, 1.82) is 0 Å². The summed E-state index contributed by atoms with van der Waals surface area (Å²) in [6, 6.07) is 1.57. The second kappa shape index (κ2) is 6.32. The van der Waals surface area contributed by atoms with Crippen LogP contribution in [-0.2, 0) is 9.22 Å². The summed E-state index contributed by atoms with van der Waals surface area (Å²) in [5.74, 6) is -3.35. The van der Waals surface area contributed by atoms with Crippen molar-refractivity contribution < 1.29 is 22.4 Å². The maximum Gasteiger partial charge on any atom is 0.192 e. The second-order valence-electron chi connectivity index (χ2n) is 6.53. The number of rotatable bonds is 5. The molecule has 0 saturated carbocycles. The summed E-state index contributed by atoms with van der Waals surface area (Å²) >= 11 is 0. The summed E-state index contributed by atoms with van der Waals surface area (Å²) in [4.78, 5) is 10.8. The van der Waals surface area contributed by atoms with Gasteiger partial charge in [0, 0.05) is 6.42 Å². The van der Waals surface area contributed by atoms with E-state index in [1.165, 1.54) is 0 Å². The average molecular weight is 318 g/mol. The molecule has 0 saturated heterocycles. The van der Waals surface area contributed by atoms with Crippen LogP contribution in [0.15, 0.2) is 12.1 Å². The summed E-state index contributed by atoms with van der Waals surface area (Å²) in [6.07, 6.45) is -0.801. The van der Waals surface area contributed by atoms with Crippen LogP contribution in [0.2, 0.25) is 18.1 Å². The third-order valence-corrected chi connectivity index (χ3v) is 8.44. The Morgan fingerprint density at radius 1 is 1.19 bits per heavy atom. The molecule has 0 aliphatic heterocycles. The molecule has 1 aromatic carbocycles. The van der Waals surface area contributed by atoms with Gasteiger partial charge in [-0.25, -0.2) is 13.2 Å². The molecule has 0 bridgehead atoms. The van der Waals surface area contributed by atoms with E-state index in [9.17, 15) is 18.0 Å². The van der Waals surface area contributed by atoms with E-state index in [1.54, 1.807) is 0 Å². The molecule has 0 aliphatic carbocycles. The summed E-state index contributed by atoms with van der Waals surface area (Å²) in [5, 5.41) is -0.200. The predicted molar refractivity (Wildman–Crippen MR) is 78.0 cm³/mol. The van der Waals surface area contributed by atoms with Crippen LogP contribution in [0, 0.1) is 17.5 Å². The maximum absolute atomic E-state index is 13.9. The highest BCUT2D eigenvalue weighted by Gasteiger charge is 2.40. The first-order chi connectivity index (χ1) is 9.51. The molecule has 0 aliphatic rings. The lowest BCUT2D eigenvalue weighted by Crippen LogP contribution is -2.42. The van der Waals surface area contributed by atoms with Gasteiger partial charge in [-0.1, -0.05) is 20.8 Å². The molecule has 1 atom stereocenters. The van der Waals surface area contributed by atoms with Crippen LogP contribution in [0.4, 0.5) is 13.2 Å².